The summed E-state index contributed by atoms with van der Waals surface area (Å²) in [5.41, 5.74) is 13.2. The van der Waals surface area contributed by atoms with Gasteiger partial charge in [0.25, 0.3) is 0 Å². The average Bonchev–Trinajstić information content (AvgIpc) is 1.61. The van der Waals surface area contributed by atoms with Gasteiger partial charge >= 0.3 is 396 Å². The van der Waals surface area contributed by atoms with E-state index in [1.807, 2.05) is 129 Å². The van der Waals surface area contributed by atoms with Gasteiger partial charge in [0.2, 0.25) is 0 Å². The van der Waals surface area contributed by atoms with Crippen LogP contribution in [0.3, 0.4) is 0 Å². The van der Waals surface area contributed by atoms with Crippen LogP contribution in [0.1, 0.15) is 65.0 Å². The predicted octanol–water partition coefficient (Wildman–Crippen LogP) is 17.2. The number of anilines is 4. The van der Waals surface area contributed by atoms with Gasteiger partial charge in [-0.05, 0) is 17.7 Å². The first-order chi connectivity index (χ1) is 41.5. The standard InChI is InChI=1S/C69H58BN5O.Pt/c1-46(2)41-50-23-10-11-24-53(50)58-40-39-52(72-45-73(62-32-17-16-31-61(62)72)68-54(48-21-8-7-9-22-48)27-20-28-55(68)49-35-37-51(38-36-49)69(4,5)6)44-65(58)76-67-43-47(3)42-66(71-67)75-64-34-19-18-33-63(64)74-60-30-15-13-26-57(60)56-25-12-14-29-59(56)70(74)75;/h7-40,42-44,46H,41H2,1-6H3;/i3D3,7D,8D,9D,21D,22D,41D2;. The molecule has 2 aromatic heterocycles. The molecule has 0 radical (unpaired) electrons. The number of aromatic nitrogens is 3. The van der Waals surface area contributed by atoms with E-state index in [2.05, 4.69) is 113 Å². The van der Waals surface area contributed by atoms with E-state index in [1.54, 1.807) is 18.2 Å². The Morgan fingerprint density at radius 2 is 1.22 bits per heavy atom. The number of pyridine rings is 1. The van der Waals surface area contributed by atoms with Crippen molar-refractivity contribution in [1.82, 2.24) is 14.1 Å². The maximum atomic E-state index is 9.47. The van der Waals surface area contributed by atoms with Crippen LogP contribution in [0, 0.1) is 16.6 Å². The van der Waals surface area contributed by atoms with Crippen molar-refractivity contribution in [2.75, 3.05) is 9.62 Å². The summed E-state index contributed by atoms with van der Waals surface area (Å²) in [4.78, 5) is 9.65. The van der Waals surface area contributed by atoms with Crippen LogP contribution in [-0.2, 0) is 31.1 Å². The second-order valence-corrected chi connectivity index (χ2v) is 21.8. The molecule has 0 unspecified atom stereocenters. The number of fused-ring (bicyclic) bond motifs is 9. The van der Waals surface area contributed by atoms with E-state index in [0.717, 1.165) is 61.4 Å². The fraction of sp³-hybridized carbons (Fsp3) is 0.130. The average molecular weight is 1190 g/mol. The molecule has 0 aliphatic carbocycles. The molecule has 11 aromatic rings. The Labute approximate surface area is 477 Å². The van der Waals surface area contributed by atoms with E-state index in [9.17, 15) is 5.48 Å². The normalized spacial score (nSPS) is 14.9. The number of hydrogen-bond acceptors (Lipinski definition) is 4. The van der Waals surface area contributed by atoms with Crippen LogP contribution in [0.15, 0.2) is 224 Å². The first kappa shape index (κ1) is 38.3. The number of hydrogen-bond donors (Lipinski definition) is 0. The van der Waals surface area contributed by atoms with E-state index < -0.39 is 44.3 Å². The third-order valence-corrected chi connectivity index (χ3v) is 15.5. The number of rotatable bonds is 10. The van der Waals surface area contributed by atoms with Crippen molar-refractivity contribution in [2.45, 2.75) is 53.3 Å². The molecule has 0 atom stereocenters. The summed E-state index contributed by atoms with van der Waals surface area (Å²) in [6, 6.07) is 60.5. The van der Waals surface area contributed by atoms with Gasteiger partial charge in [-0.2, -0.15) is 0 Å². The van der Waals surface area contributed by atoms with Crippen molar-refractivity contribution in [3.63, 3.8) is 0 Å². The molecule has 0 bridgehead atoms. The molecule has 0 amide bonds. The van der Waals surface area contributed by atoms with Crippen molar-refractivity contribution >= 4 is 46.4 Å². The fourth-order valence-corrected chi connectivity index (χ4v) is 12.2. The van der Waals surface area contributed by atoms with Crippen LogP contribution in [0.5, 0.6) is 11.6 Å². The molecule has 4 heterocycles. The molecule has 9 aromatic carbocycles. The molecule has 6 nitrogen and oxygen atoms in total. The molecule has 0 saturated carbocycles. The molecule has 13 rings (SSSR count). The van der Waals surface area contributed by atoms with Gasteiger partial charge in [-0.25, -0.2) is 0 Å². The molecule has 0 N–H and O–H groups in total. The molecule has 0 fully saturated rings. The van der Waals surface area contributed by atoms with Crippen LogP contribution in [0.2, 0.25) is 0 Å². The van der Waals surface area contributed by atoms with Crippen LogP contribution < -0.4 is 19.8 Å². The SMILES string of the molecule is [2H]c1c([2H])c([2H])c(-c2cccc(-c3ccc(C(C)(C)C)cc3)c2-n2[c](=[Pt])n(-c3ccc(-c4ccccc4C([2H])([2H])C(C)C)c(Oc4cc(C([2H])([2H])[2H])cc(N5B6c7ccccc7-c7ccccc7N6c6ccccc65)n4)c3)c3ccccc32)c([2H])c1[2H]. The second-order valence-electron chi connectivity index (χ2n) is 20.8. The van der Waals surface area contributed by atoms with Gasteiger partial charge < -0.3 is 0 Å². The Balaban J connectivity index is 1.05. The van der Waals surface area contributed by atoms with Gasteiger partial charge in [-0.15, -0.1) is 0 Å². The third-order valence-electron chi connectivity index (χ3n) is 14.5. The Morgan fingerprint density at radius 1 is 0.597 bits per heavy atom. The summed E-state index contributed by atoms with van der Waals surface area (Å²) >= 11 is 2.29. The number of para-hydroxylation sites is 6. The summed E-state index contributed by atoms with van der Waals surface area (Å²) in [6.45, 7) is 7.09. The molecular formula is C69H58BN5OPt. The maximum absolute atomic E-state index is 9.47. The summed E-state index contributed by atoms with van der Waals surface area (Å²) in [5, 5.41) is 0. The zero-order valence-electron chi connectivity index (χ0n) is 53.1. The first-order valence-corrected chi connectivity index (χ1v) is 27.0. The van der Waals surface area contributed by atoms with Crippen molar-refractivity contribution in [3.8, 4) is 67.5 Å². The number of nitrogens with zero attached hydrogens (tertiary/aromatic N) is 5. The fourth-order valence-electron chi connectivity index (χ4n) is 11.1. The second kappa shape index (κ2) is 19.4. The zero-order valence-corrected chi connectivity index (χ0v) is 45.4. The van der Waals surface area contributed by atoms with Gasteiger partial charge in [0.05, 0.1) is 0 Å². The quantitative estimate of drug-likeness (QED) is 0.128. The molecule has 8 heteroatoms. The number of benzene rings is 9. The minimum absolute atomic E-state index is 0.00116. The van der Waals surface area contributed by atoms with Gasteiger partial charge in [0.1, 0.15) is 0 Å². The van der Waals surface area contributed by atoms with Gasteiger partial charge in [0.15, 0.2) is 0 Å². The van der Waals surface area contributed by atoms with E-state index in [1.165, 1.54) is 6.07 Å². The number of ether oxygens (including phenoxy) is 1. The predicted molar refractivity (Wildman–Crippen MR) is 316 cm³/mol. The number of aryl methyl sites for hydroxylation is 1. The summed E-state index contributed by atoms with van der Waals surface area (Å²) < 4.78 is 103. The van der Waals surface area contributed by atoms with Crippen molar-refractivity contribution in [3.05, 3.63) is 245 Å². The van der Waals surface area contributed by atoms with E-state index in [-0.39, 0.29) is 40.3 Å². The van der Waals surface area contributed by atoms with Gasteiger partial charge in [-0.1, -0.05) is 54.6 Å². The summed E-state index contributed by atoms with van der Waals surface area (Å²) in [5.74, 6) is 0.187. The molecular weight excluding hydrogens is 1120 g/mol. The molecule has 0 spiro atoms. The van der Waals surface area contributed by atoms with Crippen LogP contribution in [-0.4, -0.2) is 21.1 Å². The molecule has 2 aliphatic rings. The van der Waals surface area contributed by atoms with Crippen LogP contribution in [0.25, 0.3) is 66.9 Å². The monoisotopic (exact) mass is 1190 g/mol. The third kappa shape index (κ3) is 8.49. The van der Waals surface area contributed by atoms with E-state index in [4.69, 9.17) is 17.9 Å². The summed E-state index contributed by atoms with van der Waals surface area (Å²) in [7, 11) is 0. The van der Waals surface area contributed by atoms with Crippen LogP contribution in [0.4, 0.5) is 22.9 Å². The zero-order chi connectivity index (χ0) is 61.2. The Kier molecular flexibility index (Phi) is 9.65. The van der Waals surface area contributed by atoms with Crippen molar-refractivity contribution in [1.29, 1.82) is 0 Å². The minimum atomic E-state index is -2.61. The van der Waals surface area contributed by atoms with Crippen molar-refractivity contribution in [2.24, 2.45) is 5.92 Å². The topological polar surface area (TPSA) is 38.5 Å². The number of imidazole rings is 1. The van der Waals surface area contributed by atoms with E-state index >= 15 is 0 Å². The van der Waals surface area contributed by atoms with E-state index in [0.29, 0.717) is 43.3 Å². The van der Waals surface area contributed by atoms with Gasteiger partial charge in [-0.3, -0.25) is 0 Å². The Hall–Kier alpha value is -8.25. The van der Waals surface area contributed by atoms with Crippen LogP contribution >= 0.6 is 0 Å². The molecule has 77 heavy (non-hydrogen) atoms. The molecule has 378 valence electrons. The first-order valence-electron chi connectivity index (χ1n) is 30.8. The van der Waals surface area contributed by atoms with Gasteiger partial charge in [0, 0.05) is 11.3 Å². The Bertz CT molecular complexity index is 4640. The Morgan fingerprint density at radius 3 is 1.95 bits per heavy atom. The molecule has 2 aliphatic heterocycles. The summed E-state index contributed by atoms with van der Waals surface area (Å²) in [6.07, 6.45) is -1.79. The van der Waals surface area contributed by atoms with Crippen molar-refractivity contribution < 1.29 is 37.8 Å². The molecule has 0 saturated heterocycles.